The van der Waals surface area contributed by atoms with Gasteiger partial charge in [-0.15, -0.1) is 0 Å². The van der Waals surface area contributed by atoms with Crippen LogP contribution in [0.15, 0.2) is 0 Å². The smallest absolute Gasteiger partial charge is 0.410 e. The fourth-order valence-corrected chi connectivity index (χ4v) is 2.46. The molecule has 136 valence electrons. The minimum atomic E-state index is -0.435. The molecule has 1 amide bonds. The van der Waals surface area contributed by atoms with E-state index in [0.717, 1.165) is 32.4 Å². The third-order valence-electron chi connectivity index (χ3n) is 3.80. The van der Waals surface area contributed by atoms with Gasteiger partial charge in [0.25, 0.3) is 0 Å². The number of piperidine rings is 1. The van der Waals surface area contributed by atoms with E-state index in [1.165, 1.54) is 0 Å². The van der Waals surface area contributed by atoms with Crippen molar-refractivity contribution in [1.29, 1.82) is 0 Å². The summed E-state index contributed by atoms with van der Waals surface area (Å²) >= 11 is 0. The summed E-state index contributed by atoms with van der Waals surface area (Å²) in [5.74, 6) is 0. The van der Waals surface area contributed by atoms with Crippen LogP contribution in [-0.4, -0.2) is 68.7 Å². The normalized spacial score (nSPS) is 18.0. The Morgan fingerprint density at radius 2 is 1.91 bits per heavy atom. The molecule has 23 heavy (non-hydrogen) atoms. The minimum absolute atomic E-state index is 0.218. The lowest BCUT2D eigenvalue weighted by molar-refractivity contribution is -0.0108. The number of ether oxygens (including phenoxy) is 3. The summed E-state index contributed by atoms with van der Waals surface area (Å²) in [5, 5.41) is 3.42. The second-order valence-electron chi connectivity index (χ2n) is 7.17. The molecule has 1 unspecified atom stereocenters. The van der Waals surface area contributed by atoms with Crippen molar-refractivity contribution >= 4 is 6.09 Å². The molecule has 1 N–H and O–H groups in total. The summed E-state index contributed by atoms with van der Waals surface area (Å²) in [4.78, 5) is 13.8. The maximum atomic E-state index is 12.0. The fraction of sp³-hybridized carbons (Fsp3) is 0.941. The number of carbonyl (C=O) groups excluding carboxylic acids is 1. The third-order valence-corrected chi connectivity index (χ3v) is 3.80. The second kappa shape index (κ2) is 10.1. The van der Waals surface area contributed by atoms with E-state index in [4.69, 9.17) is 14.2 Å². The molecule has 6 heteroatoms. The number of rotatable bonds is 8. The summed E-state index contributed by atoms with van der Waals surface area (Å²) in [6, 6.07) is 0.438. The SMILES string of the molecule is COCCC(C)NCCOC1CCN(C(=O)OC(C)(C)C)CC1. The average Bonchev–Trinajstić information content (AvgIpc) is 2.48. The molecule has 6 nitrogen and oxygen atoms in total. The predicted molar refractivity (Wildman–Crippen MR) is 90.7 cm³/mol. The van der Waals surface area contributed by atoms with E-state index in [9.17, 15) is 4.79 Å². The van der Waals surface area contributed by atoms with Gasteiger partial charge in [0.05, 0.1) is 12.7 Å². The van der Waals surface area contributed by atoms with Gasteiger partial charge in [0.15, 0.2) is 0 Å². The average molecular weight is 330 g/mol. The Bertz CT molecular complexity index is 336. The highest BCUT2D eigenvalue weighted by atomic mass is 16.6. The molecule has 1 heterocycles. The zero-order valence-corrected chi connectivity index (χ0v) is 15.4. The van der Waals surface area contributed by atoms with Crippen LogP contribution in [0.25, 0.3) is 0 Å². The van der Waals surface area contributed by atoms with Gasteiger partial charge < -0.3 is 24.4 Å². The molecule has 0 aromatic rings. The number of likely N-dealkylation sites (tertiary alicyclic amines) is 1. The molecule has 0 saturated carbocycles. The van der Waals surface area contributed by atoms with Crippen molar-refractivity contribution in [2.24, 2.45) is 0 Å². The van der Waals surface area contributed by atoms with Crippen molar-refractivity contribution in [3.63, 3.8) is 0 Å². The Balaban J connectivity index is 2.11. The van der Waals surface area contributed by atoms with Gasteiger partial charge in [-0.25, -0.2) is 4.79 Å². The molecule has 1 fully saturated rings. The quantitative estimate of drug-likeness (QED) is 0.693. The summed E-state index contributed by atoms with van der Waals surface area (Å²) in [7, 11) is 1.72. The van der Waals surface area contributed by atoms with Crippen molar-refractivity contribution in [2.45, 2.75) is 64.7 Å². The molecule has 1 rings (SSSR count). The highest BCUT2D eigenvalue weighted by Gasteiger charge is 2.26. The van der Waals surface area contributed by atoms with Crippen molar-refractivity contribution in [3.05, 3.63) is 0 Å². The molecule has 0 aromatic carbocycles. The van der Waals surface area contributed by atoms with Crippen LogP contribution in [-0.2, 0) is 14.2 Å². The Labute approximate surface area is 140 Å². The molecule has 1 aliphatic rings. The number of methoxy groups -OCH3 is 1. The van der Waals surface area contributed by atoms with Gasteiger partial charge in [-0.05, 0) is 47.0 Å². The molecule has 0 radical (unpaired) electrons. The summed E-state index contributed by atoms with van der Waals surface area (Å²) in [5.41, 5.74) is -0.435. The lowest BCUT2D eigenvalue weighted by atomic mass is 10.1. The molecule has 1 atom stereocenters. The molecular weight excluding hydrogens is 296 g/mol. The number of carbonyl (C=O) groups is 1. The Morgan fingerprint density at radius 3 is 2.48 bits per heavy atom. The maximum absolute atomic E-state index is 12.0. The first-order valence-electron chi connectivity index (χ1n) is 8.63. The van der Waals surface area contributed by atoms with Crippen LogP contribution in [0.4, 0.5) is 4.79 Å². The molecule has 1 aliphatic heterocycles. The summed E-state index contributed by atoms with van der Waals surface area (Å²) in [6.45, 7) is 11.6. The van der Waals surface area contributed by atoms with Crippen LogP contribution < -0.4 is 5.32 Å². The third kappa shape index (κ3) is 9.13. The molecule has 0 aliphatic carbocycles. The summed E-state index contributed by atoms with van der Waals surface area (Å²) < 4.78 is 16.3. The monoisotopic (exact) mass is 330 g/mol. The molecule has 1 saturated heterocycles. The van der Waals surface area contributed by atoms with E-state index in [2.05, 4.69) is 12.2 Å². The van der Waals surface area contributed by atoms with Gasteiger partial charge >= 0.3 is 6.09 Å². The lowest BCUT2D eigenvalue weighted by Crippen LogP contribution is -2.43. The minimum Gasteiger partial charge on any atom is -0.444 e. The van der Waals surface area contributed by atoms with Crippen LogP contribution >= 0.6 is 0 Å². The topological polar surface area (TPSA) is 60.0 Å². The highest BCUT2D eigenvalue weighted by Crippen LogP contribution is 2.17. The molecule has 0 aromatic heterocycles. The van der Waals surface area contributed by atoms with E-state index in [0.29, 0.717) is 25.7 Å². The van der Waals surface area contributed by atoms with E-state index < -0.39 is 5.60 Å². The number of hydrogen-bond donors (Lipinski definition) is 1. The van der Waals surface area contributed by atoms with Crippen LogP contribution in [0.1, 0.15) is 47.0 Å². The first kappa shape index (κ1) is 20.2. The zero-order chi connectivity index (χ0) is 17.3. The van der Waals surface area contributed by atoms with Crippen molar-refractivity contribution in [2.75, 3.05) is 40.0 Å². The first-order valence-corrected chi connectivity index (χ1v) is 8.63. The number of nitrogens with zero attached hydrogens (tertiary/aromatic N) is 1. The molecule has 0 spiro atoms. The van der Waals surface area contributed by atoms with Gasteiger partial charge in [-0.1, -0.05) is 0 Å². The number of hydrogen-bond acceptors (Lipinski definition) is 5. The zero-order valence-electron chi connectivity index (χ0n) is 15.4. The lowest BCUT2D eigenvalue weighted by Gasteiger charge is -2.33. The van der Waals surface area contributed by atoms with Gasteiger partial charge in [-0.2, -0.15) is 0 Å². The van der Waals surface area contributed by atoms with E-state index >= 15 is 0 Å². The van der Waals surface area contributed by atoms with E-state index in [1.54, 1.807) is 12.0 Å². The Hall–Kier alpha value is -0.850. The Kier molecular flexibility index (Phi) is 8.87. The fourth-order valence-electron chi connectivity index (χ4n) is 2.46. The van der Waals surface area contributed by atoms with Crippen LogP contribution in [0.5, 0.6) is 0 Å². The first-order chi connectivity index (χ1) is 10.8. The molecule has 0 bridgehead atoms. The van der Waals surface area contributed by atoms with Gasteiger partial charge in [0, 0.05) is 39.4 Å². The van der Waals surface area contributed by atoms with Crippen molar-refractivity contribution in [3.8, 4) is 0 Å². The van der Waals surface area contributed by atoms with E-state index in [1.807, 2.05) is 20.8 Å². The largest absolute Gasteiger partial charge is 0.444 e. The Morgan fingerprint density at radius 1 is 1.26 bits per heavy atom. The maximum Gasteiger partial charge on any atom is 0.410 e. The number of nitrogens with one attached hydrogen (secondary N) is 1. The predicted octanol–water partition coefficient (Wildman–Crippen LogP) is 2.42. The molecular formula is C17H34N2O4. The highest BCUT2D eigenvalue weighted by molar-refractivity contribution is 5.68. The van der Waals surface area contributed by atoms with Crippen molar-refractivity contribution in [1.82, 2.24) is 10.2 Å². The van der Waals surface area contributed by atoms with E-state index in [-0.39, 0.29) is 12.2 Å². The van der Waals surface area contributed by atoms with Gasteiger partial charge in [0.1, 0.15) is 5.60 Å². The van der Waals surface area contributed by atoms with Gasteiger partial charge in [0.2, 0.25) is 0 Å². The van der Waals surface area contributed by atoms with Crippen LogP contribution in [0, 0.1) is 0 Å². The van der Waals surface area contributed by atoms with Crippen LogP contribution in [0.2, 0.25) is 0 Å². The standard InChI is InChI=1S/C17H34N2O4/c1-14(8-12-21-5)18-9-13-22-15-6-10-19(11-7-15)16(20)23-17(2,3)4/h14-15,18H,6-13H2,1-5H3. The number of amides is 1. The van der Waals surface area contributed by atoms with Gasteiger partial charge in [-0.3, -0.25) is 0 Å². The van der Waals surface area contributed by atoms with Crippen LogP contribution in [0.3, 0.4) is 0 Å². The summed E-state index contributed by atoms with van der Waals surface area (Å²) in [6.07, 6.45) is 2.77. The second-order valence-corrected chi connectivity index (χ2v) is 7.17. The van der Waals surface area contributed by atoms with Crippen molar-refractivity contribution < 1.29 is 19.0 Å².